The molecule has 1 aromatic heterocycles. The average Bonchev–Trinajstić information content (AvgIpc) is 3.07. The van der Waals surface area contributed by atoms with Crippen molar-refractivity contribution in [1.82, 2.24) is 20.1 Å². The number of primary amides is 1. The molecule has 3 aromatic rings. The third-order valence-corrected chi connectivity index (χ3v) is 5.35. The summed E-state index contributed by atoms with van der Waals surface area (Å²) < 4.78 is 1.92. The highest BCUT2D eigenvalue weighted by atomic mass is 32.2. The fourth-order valence-corrected chi connectivity index (χ4v) is 3.52. The number of urea groups is 1. The molecule has 0 aliphatic carbocycles. The molecule has 0 aliphatic rings. The Balaban J connectivity index is 2.05. The van der Waals surface area contributed by atoms with Crippen molar-refractivity contribution in [3.8, 4) is 17.1 Å². The lowest BCUT2D eigenvalue weighted by Crippen LogP contribution is -2.39. The molecule has 0 radical (unpaired) electrons. The van der Waals surface area contributed by atoms with E-state index in [2.05, 4.69) is 28.5 Å². The second-order valence-electron chi connectivity index (χ2n) is 6.39. The van der Waals surface area contributed by atoms with E-state index in [1.54, 1.807) is 6.92 Å². The van der Waals surface area contributed by atoms with E-state index >= 15 is 0 Å². The quantitative estimate of drug-likeness (QED) is 0.646. The molecule has 0 saturated heterocycles. The van der Waals surface area contributed by atoms with Gasteiger partial charge >= 0.3 is 6.03 Å². The fourth-order valence-electron chi connectivity index (χ4n) is 2.65. The fraction of sp³-hybridized carbons (Fsp3) is 0.200. The lowest BCUT2D eigenvalue weighted by molar-refractivity contribution is -0.119. The van der Waals surface area contributed by atoms with Gasteiger partial charge in [-0.15, -0.1) is 10.2 Å². The first-order chi connectivity index (χ1) is 13.4. The number of thioether (sulfide) groups is 1. The molecule has 3 amide bonds. The van der Waals surface area contributed by atoms with Gasteiger partial charge in [-0.25, -0.2) is 4.79 Å². The zero-order chi connectivity index (χ0) is 20.3. The van der Waals surface area contributed by atoms with Gasteiger partial charge in [-0.3, -0.25) is 14.7 Å². The molecule has 7 nitrogen and oxygen atoms in total. The summed E-state index contributed by atoms with van der Waals surface area (Å²) in [7, 11) is 0. The van der Waals surface area contributed by atoms with Crippen molar-refractivity contribution >= 4 is 23.7 Å². The number of carbonyl (C=O) groups is 2. The SMILES string of the molecule is Cc1ccc(-n2c(SC(C)C(=O)NC(N)=O)nnc2-c2ccccc2)cc1C. The molecule has 144 valence electrons. The normalized spacial score (nSPS) is 11.8. The number of rotatable bonds is 5. The van der Waals surface area contributed by atoms with Crippen LogP contribution in [0, 0.1) is 13.8 Å². The minimum Gasteiger partial charge on any atom is -0.351 e. The second kappa shape index (κ2) is 8.26. The molecular weight excluding hydrogens is 374 g/mol. The third-order valence-electron chi connectivity index (χ3n) is 4.31. The minimum absolute atomic E-state index is 0.478. The van der Waals surface area contributed by atoms with Crippen LogP contribution >= 0.6 is 11.8 Å². The van der Waals surface area contributed by atoms with Crippen LogP contribution in [0.1, 0.15) is 18.1 Å². The maximum absolute atomic E-state index is 12.1. The monoisotopic (exact) mass is 395 g/mol. The van der Waals surface area contributed by atoms with Crippen molar-refractivity contribution in [1.29, 1.82) is 0 Å². The molecule has 28 heavy (non-hydrogen) atoms. The van der Waals surface area contributed by atoms with Crippen LogP contribution in [-0.4, -0.2) is 32.0 Å². The predicted molar refractivity (Wildman–Crippen MR) is 109 cm³/mol. The molecule has 3 N–H and O–H groups in total. The number of carbonyl (C=O) groups excluding carboxylic acids is 2. The van der Waals surface area contributed by atoms with E-state index in [1.807, 2.05) is 54.0 Å². The van der Waals surface area contributed by atoms with Crippen LogP contribution in [0.3, 0.4) is 0 Å². The first-order valence-corrected chi connectivity index (χ1v) is 9.60. The van der Waals surface area contributed by atoms with Gasteiger partial charge in [0.1, 0.15) is 0 Å². The largest absolute Gasteiger partial charge is 0.351 e. The number of hydrogen-bond acceptors (Lipinski definition) is 5. The first kappa shape index (κ1) is 19.6. The van der Waals surface area contributed by atoms with Gasteiger partial charge in [-0.1, -0.05) is 48.2 Å². The molecule has 3 rings (SSSR count). The zero-order valence-electron chi connectivity index (χ0n) is 15.8. The maximum atomic E-state index is 12.1. The van der Waals surface area contributed by atoms with Crippen LogP contribution in [-0.2, 0) is 4.79 Å². The highest BCUT2D eigenvalue weighted by Crippen LogP contribution is 2.30. The molecule has 1 heterocycles. The Hall–Kier alpha value is -3.13. The molecule has 0 saturated carbocycles. The molecule has 8 heteroatoms. The molecule has 1 unspecified atom stereocenters. The van der Waals surface area contributed by atoms with Crippen LogP contribution < -0.4 is 11.1 Å². The minimum atomic E-state index is -0.877. The van der Waals surface area contributed by atoms with Crippen LogP contribution in [0.15, 0.2) is 53.7 Å². The Morgan fingerprint density at radius 3 is 2.43 bits per heavy atom. The van der Waals surface area contributed by atoms with Crippen molar-refractivity contribution in [3.63, 3.8) is 0 Å². The van der Waals surface area contributed by atoms with Crippen molar-refractivity contribution < 1.29 is 9.59 Å². The van der Waals surface area contributed by atoms with E-state index in [0.29, 0.717) is 11.0 Å². The summed E-state index contributed by atoms with van der Waals surface area (Å²) in [6.45, 7) is 5.78. The Morgan fingerprint density at radius 2 is 1.79 bits per heavy atom. The lowest BCUT2D eigenvalue weighted by Gasteiger charge is -2.14. The number of nitrogens with two attached hydrogens (primary N) is 1. The van der Waals surface area contributed by atoms with E-state index in [-0.39, 0.29) is 0 Å². The van der Waals surface area contributed by atoms with E-state index in [9.17, 15) is 9.59 Å². The molecular formula is C20H21N5O2S. The molecule has 0 bridgehead atoms. The van der Waals surface area contributed by atoms with Gasteiger partial charge in [-0.2, -0.15) is 0 Å². The summed E-state index contributed by atoms with van der Waals surface area (Å²) in [4.78, 5) is 23.1. The second-order valence-corrected chi connectivity index (χ2v) is 7.70. The summed E-state index contributed by atoms with van der Waals surface area (Å²) in [6.07, 6.45) is 0. The molecule has 0 fully saturated rings. The van der Waals surface area contributed by atoms with Gasteiger partial charge < -0.3 is 5.73 Å². The van der Waals surface area contributed by atoms with Gasteiger partial charge in [0, 0.05) is 5.56 Å². The van der Waals surface area contributed by atoms with E-state index < -0.39 is 17.2 Å². The summed E-state index contributed by atoms with van der Waals surface area (Å²) in [6, 6.07) is 14.9. The van der Waals surface area contributed by atoms with Crippen molar-refractivity contribution in [2.75, 3.05) is 0 Å². The number of amides is 3. The number of nitrogens with zero attached hydrogens (tertiary/aromatic N) is 3. The Kier molecular flexibility index (Phi) is 5.79. The van der Waals surface area contributed by atoms with Crippen molar-refractivity contribution in [2.24, 2.45) is 5.73 Å². The number of benzene rings is 2. The topological polar surface area (TPSA) is 103 Å². The molecule has 0 spiro atoms. The average molecular weight is 395 g/mol. The zero-order valence-corrected chi connectivity index (χ0v) is 16.7. The van der Waals surface area contributed by atoms with Gasteiger partial charge in [0.2, 0.25) is 5.91 Å². The summed E-state index contributed by atoms with van der Waals surface area (Å²) in [5.41, 5.74) is 9.18. The van der Waals surface area contributed by atoms with Gasteiger partial charge in [-0.05, 0) is 44.0 Å². The number of imide groups is 1. The van der Waals surface area contributed by atoms with Crippen LogP contribution in [0.4, 0.5) is 4.79 Å². The Morgan fingerprint density at radius 1 is 1.07 bits per heavy atom. The van der Waals surface area contributed by atoms with Gasteiger partial charge in [0.15, 0.2) is 11.0 Å². The van der Waals surface area contributed by atoms with Crippen molar-refractivity contribution in [3.05, 3.63) is 59.7 Å². The van der Waals surface area contributed by atoms with Gasteiger partial charge in [0.25, 0.3) is 0 Å². The molecule has 1 atom stereocenters. The Bertz CT molecular complexity index is 1020. The van der Waals surface area contributed by atoms with E-state index in [0.717, 1.165) is 16.8 Å². The van der Waals surface area contributed by atoms with Crippen LogP contribution in [0.25, 0.3) is 17.1 Å². The smallest absolute Gasteiger partial charge is 0.318 e. The highest BCUT2D eigenvalue weighted by molar-refractivity contribution is 8.00. The summed E-state index contributed by atoms with van der Waals surface area (Å²) >= 11 is 1.21. The number of aryl methyl sites for hydroxylation is 2. The third kappa shape index (κ3) is 4.23. The lowest BCUT2D eigenvalue weighted by atomic mass is 10.1. The summed E-state index contributed by atoms with van der Waals surface area (Å²) in [5, 5.41) is 10.7. The van der Waals surface area contributed by atoms with Gasteiger partial charge in [0.05, 0.1) is 10.9 Å². The highest BCUT2D eigenvalue weighted by Gasteiger charge is 2.22. The summed E-state index contributed by atoms with van der Waals surface area (Å²) in [5.74, 6) is 0.197. The van der Waals surface area contributed by atoms with Crippen molar-refractivity contribution in [2.45, 2.75) is 31.2 Å². The van der Waals surface area contributed by atoms with E-state index in [4.69, 9.17) is 5.73 Å². The standard InChI is InChI=1S/C20H21N5O2S/c1-12-9-10-16(11-13(12)2)25-17(15-7-5-4-6-8-15)23-24-20(25)28-14(3)18(26)22-19(21)27/h4-11,14H,1-3H3,(H3,21,22,26,27). The number of hydrogen-bond donors (Lipinski definition) is 2. The maximum Gasteiger partial charge on any atom is 0.318 e. The predicted octanol–water partition coefficient (Wildman–Crippen LogP) is 3.23. The van der Waals surface area contributed by atoms with Crippen LogP contribution in [0.5, 0.6) is 0 Å². The molecule has 2 aromatic carbocycles. The molecule has 0 aliphatic heterocycles. The van der Waals surface area contributed by atoms with Crippen LogP contribution in [0.2, 0.25) is 0 Å². The Labute approximate surface area is 167 Å². The number of nitrogens with one attached hydrogen (secondary N) is 1. The van der Waals surface area contributed by atoms with E-state index in [1.165, 1.54) is 17.3 Å². The number of aromatic nitrogens is 3. The first-order valence-electron chi connectivity index (χ1n) is 8.72.